The maximum atomic E-state index is 12.0. The predicted octanol–water partition coefficient (Wildman–Crippen LogP) is 1.06. The molecule has 0 aromatic carbocycles. The number of rotatable bonds is 23. The third-order valence-electron chi connectivity index (χ3n) is 6.72. The topological polar surface area (TPSA) is 253 Å². The van der Waals surface area contributed by atoms with Gasteiger partial charge in [-0.05, 0) is 38.0 Å². The lowest BCUT2D eigenvalue weighted by molar-refractivity contribution is -0.155. The van der Waals surface area contributed by atoms with Crippen molar-refractivity contribution < 1.29 is 58.3 Å². The minimum Gasteiger partial charge on any atom is -0.481 e. The summed E-state index contributed by atoms with van der Waals surface area (Å²) >= 11 is 0. The molecule has 254 valence electrons. The van der Waals surface area contributed by atoms with Crippen molar-refractivity contribution in [3.05, 3.63) is 0 Å². The first-order valence-electron chi connectivity index (χ1n) is 14.5. The molecule has 0 heterocycles. The Kier molecular flexibility index (Phi) is 18.8. The fourth-order valence-electron chi connectivity index (χ4n) is 3.44. The van der Waals surface area contributed by atoms with Gasteiger partial charge in [-0.25, -0.2) is 14.4 Å². The number of carbonyl (C=O) groups excluding carboxylic acids is 3. The Bertz CT molecular complexity index is 951. The summed E-state index contributed by atoms with van der Waals surface area (Å²) in [5.74, 6) is -4.83. The van der Waals surface area contributed by atoms with Crippen LogP contribution in [0.5, 0.6) is 0 Å². The van der Waals surface area contributed by atoms with E-state index in [1.165, 1.54) is 0 Å². The molecule has 0 saturated carbocycles. The summed E-state index contributed by atoms with van der Waals surface area (Å²) in [6.07, 6.45) is 0.361. The highest BCUT2D eigenvalue weighted by Gasteiger charge is 2.28. The second-order valence-corrected chi connectivity index (χ2v) is 11.7. The van der Waals surface area contributed by atoms with Gasteiger partial charge in [0.05, 0.1) is 25.7 Å². The number of nitrogens with one attached hydrogen (secondary N) is 3. The van der Waals surface area contributed by atoms with Crippen molar-refractivity contribution in [3.8, 4) is 0 Å². The summed E-state index contributed by atoms with van der Waals surface area (Å²) in [7, 11) is 0. The Morgan fingerprint density at radius 3 is 1.93 bits per heavy atom. The van der Waals surface area contributed by atoms with E-state index in [1.54, 1.807) is 6.92 Å². The first-order valence-corrected chi connectivity index (χ1v) is 14.5. The molecule has 0 radical (unpaired) electrons. The number of nitrogens with two attached hydrogens (primary N) is 1. The van der Waals surface area contributed by atoms with E-state index in [2.05, 4.69) is 16.0 Å². The molecule has 44 heavy (non-hydrogen) atoms. The lowest BCUT2D eigenvalue weighted by Gasteiger charge is -2.27. The zero-order chi connectivity index (χ0) is 33.9. The van der Waals surface area contributed by atoms with E-state index in [9.17, 15) is 33.9 Å². The van der Waals surface area contributed by atoms with Crippen LogP contribution in [0, 0.1) is 11.3 Å². The molecular weight excluding hydrogens is 584 g/mol. The molecule has 0 fully saturated rings. The minimum atomic E-state index is -1.49. The summed E-state index contributed by atoms with van der Waals surface area (Å²) in [6.45, 7) is 10.2. The third kappa shape index (κ3) is 19.6. The molecule has 16 heteroatoms. The van der Waals surface area contributed by atoms with Crippen molar-refractivity contribution in [2.45, 2.75) is 97.4 Å². The lowest BCUT2D eigenvalue weighted by Crippen LogP contribution is -2.51. The molecule has 0 spiro atoms. The number of ether oxygens (including phenoxy) is 3. The van der Waals surface area contributed by atoms with Crippen LogP contribution < -0.4 is 21.7 Å². The molecule has 0 saturated heterocycles. The SMILES string of the molecule is CC(C(=O)OCCOC(C)(N)CCOCCC(=O)NCCCC[C@H](NC(=O)N[C@@H](CCC(=O)O)C(=O)O)C(=O)O)C(C)(C)C. The summed E-state index contributed by atoms with van der Waals surface area (Å²) < 4.78 is 16.3. The fourth-order valence-corrected chi connectivity index (χ4v) is 3.44. The summed E-state index contributed by atoms with van der Waals surface area (Å²) in [6, 6.07) is -3.84. The number of carboxylic acids is 3. The van der Waals surface area contributed by atoms with Crippen LogP contribution in [0.2, 0.25) is 0 Å². The Hall–Kier alpha value is -3.50. The van der Waals surface area contributed by atoms with E-state index in [0.29, 0.717) is 19.3 Å². The quantitative estimate of drug-likeness (QED) is 0.0472. The molecule has 0 aromatic heterocycles. The van der Waals surface area contributed by atoms with Crippen molar-refractivity contribution in [3.63, 3.8) is 0 Å². The van der Waals surface area contributed by atoms with Gasteiger partial charge >= 0.3 is 29.9 Å². The van der Waals surface area contributed by atoms with Gasteiger partial charge in [-0.1, -0.05) is 27.7 Å². The smallest absolute Gasteiger partial charge is 0.326 e. The molecule has 4 atom stereocenters. The Morgan fingerprint density at radius 1 is 0.795 bits per heavy atom. The Balaban J connectivity index is 4.13. The second-order valence-electron chi connectivity index (χ2n) is 11.7. The molecular formula is C28H50N4O12. The van der Waals surface area contributed by atoms with E-state index in [0.717, 1.165) is 0 Å². The highest BCUT2D eigenvalue weighted by atomic mass is 16.6. The second kappa shape index (κ2) is 20.5. The maximum absolute atomic E-state index is 12.0. The van der Waals surface area contributed by atoms with Gasteiger partial charge in [0, 0.05) is 25.8 Å². The molecule has 8 N–H and O–H groups in total. The number of amides is 3. The van der Waals surface area contributed by atoms with Crippen LogP contribution in [-0.2, 0) is 38.2 Å². The largest absolute Gasteiger partial charge is 0.481 e. The zero-order valence-corrected chi connectivity index (χ0v) is 26.3. The van der Waals surface area contributed by atoms with Gasteiger partial charge in [0.2, 0.25) is 5.91 Å². The van der Waals surface area contributed by atoms with Crippen LogP contribution in [0.4, 0.5) is 4.79 Å². The van der Waals surface area contributed by atoms with Crippen LogP contribution in [0.15, 0.2) is 0 Å². The number of carbonyl (C=O) groups is 6. The van der Waals surface area contributed by atoms with Gasteiger partial charge < -0.3 is 51.2 Å². The predicted molar refractivity (Wildman–Crippen MR) is 156 cm³/mol. The van der Waals surface area contributed by atoms with Crippen molar-refractivity contribution in [2.24, 2.45) is 17.1 Å². The molecule has 0 aliphatic rings. The summed E-state index contributed by atoms with van der Waals surface area (Å²) in [5, 5.41) is 34.0. The molecule has 0 rings (SSSR count). The number of carboxylic acid groups (broad SMARTS) is 3. The normalized spacial score (nSPS) is 14.8. The number of unbranched alkanes of at least 4 members (excludes halogenated alkanes) is 1. The van der Waals surface area contributed by atoms with Crippen molar-refractivity contribution >= 4 is 35.8 Å². The lowest BCUT2D eigenvalue weighted by atomic mass is 9.82. The molecule has 2 unspecified atom stereocenters. The minimum absolute atomic E-state index is 0.0208. The first-order chi connectivity index (χ1) is 20.4. The zero-order valence-electron chi connectivity index (χ0n) is 26.3. The molecule has 0 aliphatic heterocycles. The average molecular weight is 635 g/mol. The van der Waals surface area contributed by atoms with Gasteiger partial charge in [-0.15, -0.1) is 0 Å². The molecule has 0 aromatic rings. The third-order valence-corrected chi connectivity index (χ3v) is 6.72. The number of aliphatic carboxylic acids is 3. The Labute approximate surface area is 257 Å². The van der Waals surface area contributed by atoms with E-state index in [4.69, 9.17) is 30.2 Å². The van der Waals surface area contributed by atoms with Crippen LogP contribution in [0.25, 0.3) is 0 Å². The molecule has 16 nitrogen and oxygen atoms in total. The molecule has 0 bridgehead atoms. The van der Waals surface area contributed by atoms with E-state index >= 15 is 0 Å². The average Bonchev–Trinajstić information content (AvgIpc) is 2.90. The van der Waals surface area contributed by atoms with Gasteiger partial charge in [-0.3, -0.25) is 14.4 Å². The van der Waals surface area contributed by atoms with Crippen molar-refractivity contribution in [1.29, 1.82) is 0 Å². The van der Waals surface area contributed by atoms with E-state index in [-0.39, 0.29) is 75.4 Å². The van der Waals surface area contributed by atoms with E-state index in [1.807, 2.05) is 27.7 Å². The number of esters is 1. The van der Waals surface area contributed by atoms with Crippen LogP contribution in [0.3, 0.4) is 0 Å². The van der Waals surface area contributed by atoms with Crippen molar-refractivity contribution in [1.82, 2.24) is 16.0 Å². The molecule has 0 aliphatic carbocycles. The van der Waals surface area contributed by atoms with Gasteiger partial charge in [0.25, 0.3) is 0 Å². The monoisotopic (exact) mass is 634 g/mol. The summed E-state index contributed by atoms with van der Waals surface area (Å²) in [4.78, 5) is 69.4. The highest BCUT2D eigenvalue weighted by Crippen LogP contribution is 2.26. The number of hydrogen-bond donors (Lipinski definition) is 7. The van der Waals surface area contributed by atoms with Gasteiger partial charge in [-0.2, -0.15) is 0 Å². The summed E-state index contributed by atoms with van der Waals surface area (Å²) in [5.41, 5.74) is 4.88. The number of hydrogen-bond acceptors (Lipinski definition) is 10. The van der Waals surface area contributed by atoms with Crippen LogP contribution >= 0.6 is 0 Å². The Morgan fingerprint density at radius 2 is 1.39 bits per heavy atom. The molecule has 3 amide bonds. The van der Waals surface area contributed by atoms with Crippen LogP contribution in [0.1, 0.15) is 79.6 Å². The van der Waals surface area contributed by atoms with E-state index < -0.39 is 48.2 Å². The van der Waals surface area contributed by atoms with Gasteiger partial charge in [0.15, 0.2) is 0 Å². The fraction of sp³-hybridized carbons (Fsp3) is 0.786. The maximum Gasteiger partial charge on any atom is 0.326 e. The van der Waals surface area contributed by atoms with Gasteiger partial charge in [0.1, 0.15) is 24.4 Å². The number of urea groups is 1. The van der Waals surface area contributed by atoms with Crippen molar-refractivity contribution in [2.75, 3.05) is 33.0 Å². The van der Waals surface area contributed by atoms with Crippen LogP contribution in [-0.4, -0.2) is 102 Å². The highest BCUT2D eigenvalue weighted by molar-refractivity contribution is 5.86. The standard InChI is InChI=1S/C28H50N4O12/c1-18(27(2,3)4)25(40)43-16-17-44-28(5,29)12-15-42-14-11-21(33)30-13-7-6-8-19(23(36)37)31-26(41)32-20(24(38)39)9-10-22(34)35/h18-20H,6-17,29H2,1-5H3,(H,30,33)(H,34,35)(H,36,37)(H,38,39)(H2,31,32,41)/t18?,19-,20-,28?/m0/s1. The first kappa shape index (κ1) is 40.5.